The second-order valence-corrected chi connectivity index (χ2v) is 9.31. The Hall–Kier alpha value is -1.30. The maximum Gasteiger partial charge on any atom is 0.242 e. The minimum absolute atomic E-state index is 0. The van der Waals surface area contributed by atoms with Gasteiger partial charge >= 0.3 is 0 Å². The first-order valence-electron chi connectivity index (χ1n) is 8.96. The average Bonchev–Trinajstić information content (AvgIpc) is 2.95. The van der Waals surface area contributed by atoms with Crippen LogP contribution in [0.4, 0.5) is 0 Å². The van der Waals surface area contributed by atoms with Crippen LogP contribution in [-0.4, -0.2) is 55.8 Å². The van der Waals surface area contributed by atoms with E-state index < -0.39 is 10.0 Å². The molecule has 162 valence electrons. The molecule has 0 spiro atoms. The molecule has 1 aromatic carbocycles. The van der Waals surface area contributed by atoms with Gasteiger partial charge in [0.15, 0.2) is 5.96 Å². The van der Waals surface area contributed by atoms with Crippen molar-refractivity contribution < 1.29 is 8.42 Å². The van der Waals surface area contributed by atoms with E-state index in [1.807, 2.05) is 42.7 Å². The average molecular weight is 554 g/mol. The Kier molecular flexibility index (Phi) is 9.93. The van der Waals surface area contributed by atoms with Crippen LogP contribution in [0.3, 0.4) is 0 Å². The van der Waals surface area contributed by atoms with E-state index in [1.54, 1.807) is 24.3 Å². The third-order valence-corrected chi connectivity index (χ3v) is 6.32. The molecule has 0 aliphatic rings. The lowest BCUT2D eigenvalue weighted by atomic mass is 10.2. The van der Waals surface area contributed by atoms with Crippen molar-refractivity contribution >= 4 is 51.6 Å². The Morgan fingerprint density at radius 1 is 1.21 bits per heavy atom. The standard InChI is InChI=1S/C19H28ClN5O2S.HI/c1-6-21-19(25(5)14-17-11-16(20)13-24(17)4)22-12-15-7-9-18(10-8-15)28(26,27)23(2)3;/h7-11,13H,6,12,14H2,1-5H3,(H,21,22);1H. The van der Waals surface area contributed by atoms with Gasteiger partial charge in [0.05, 0.1) is 23.0 Å². The summed E-state index contributed by atoms with van der Waals surface area (Å²) in [6, 6.07) is 8.75. The topological polar surface area (TPSA) is 69.9 Å². The second-order valence-electron chi connectivity index (χ2n) is 6.72. The van der Waals surface area contributed by atoms with E-state index in [4.69, 9.17) is 11.6 Å². The van der Waals surface area contributed by atoms with Gasteiger partial charge in [-0.15, -0.1) is 24.0 Å². The van der Waals surface area contributed by atoms with Crippen LogP contribution < -0.4 is 5.32 Å². The summed E-state index contributed by atoms with van der Waals surface area (Å²) in [7, 11) is 3.55. The smallest absolute Gasteiger partial charge is 0.242 e. The first-order valence-corrected chi connectivity index (χ1v) is 10.8. The highest BCUT2D eigenvalue weighted by atomic mass is 127. The number of nitrogens with zero attached hydrogens (tertiary/aromatic N) is 4. The molecule has 0 saturated carbocycles. The van der Waals surface area contributed by atoms with E-state index in [0.717, 1.165) is 23.8 Å². The van der Waals surface area contributed by atoms with Crippen molar-refractivity contribution in [3.05, 3.63) is 52.8 Å². The molecule has 1 N–H and O–H groups in total. The van der Waals surface area contributed by atoms with Crippen molar-refractivity contribution in [1.29, 1.82) is 0 Å². The monoisotopic (exact) mass is 553 g/mol. The third kappa shape index (κ3) is 6.87. The van der Waals surface area contributed by atoms with Gasteiger partial charge in [-0.3, -0.25) is 0 Å². The van der Waals surface area contributed by atoms with Gasteiger partial charge in [-0.2, -0.15) is 0 Å². The number of hydrogen-bond acceptors (Lipinski definition) is 3. The van der Waals surface area contributed by atoms with Crippen molar-refractivity contribution in [2.24, 2.45) is 12.0 Å². The van der Waals surface area contributed by atoms with Crippen LogP contribution in [0.15, 0.2) is 46.4 Å². The molecule has 10 heteroatoms. The fourth-order valence-corrected chi connectivity index (χ4v) is 3.83. The van der Waals surface area contributed by atoms with Crippen molar-refractivity contribution in [2.45, 2.75) is 24.9 Å². The lowest BCUT2D eigenvalue weighted by Crippen LogP contribution is -2.38. The largest absolute Gasteiger partial charge is 0.357 e. The van der Waals surface area contributed by atoms with Crippen molar-refractivity contribution in [3.8, 4) is 0 Å². The summed E-state index contributed by atoms with van der Waals surface area (Å²) in [5.74, 6) is 0.768. The Morgan fingerprint density at radius 2 is 1.83 bits per heavy atom. The van der Waals surface area contributed by atoms with E-state index in [-0.39, 0.29) is 28.9 Å². The Morgan fingerprint density at radius 3 is 2.31 bits per heavy atom. The number of benzene rings is 1. The molecule has 0 amide bonds. The van der Waals surface area contributed by atoms with E-state index in [9.17, 15) is 8.42 Å². The first kappa shape index (κ1) is 25.7. The Labute approximate surface area is 195 Å². The minimum atomic E-state index is -3.42. The normalized spacial score (nSPS) is 12.0. The number of hydrogen-bond donors (Lipinski definition) is 1. The fourth-order valence-electron chi connectivity index (χ4n) is 2.65. The summed E-state index contributed by atoms with van der Waals surface area (Å²) in [5.41, 5.74) is 2.01. The quantitative estimate of drug-likeness (QED) is 0.325. The maximum absolute atomic E-state index is 12.2. The zero-order chi connectivity index (χ0) is 20.9. The molecule has 1 aromatic heterocycles. The van der Waals surface area contributed by atoms with Crippen LogP contribution in [0.5, 0.6) is 0 Å². The molecule has 29 heavy (non-hydrogen) atoms. The number of aryl methyl sites for hydroxylation is 1. The lowest BCUT2D eigenvalue weighted by molar-refractivity contribution is 0.462. The molecule has 0 aliphatic heterocycles. The number of sulfonamides is 1. The van der Waals surface area contributed by atoms with E-state index in [0.29, 0.717) is 18.1 Å². The Bertz CT molecular complexity index is 927. The van der Waals surface area contributed by atoms with Crippen LogP contribution in [0.1, 0.15) is 18.2 Å². The molecular weight excluding hydrogens is 525 g/mol. The molecule has 2 rings (SSSR count). The number of rotatable bonds is 7. The van der Waals surface area contributed by atoms with Gasteiger partial charge in [0.1, 0.15) is 0 Å². The molecular formula is C19H29ClIN5O2S. The summed E-state index contributed by atoms with van der Waals surface area (Å²) >= 11 is 6.06. The zero-order valence-corrected chi connectivity index (χ0v) is 21.3. The first-order chi connectivity index (χ1) is 13.1. The van der Waals surface area contributed by atoms with Gasteiger partial charge in [-0.25, -0.2) is 17.7 Å². The number of nitrogens with one attached hydrogen (secondary N) is 1. The summed E-state index contributed by atoms with van der Waals surface area (Å²) < 4.78 is 27.5. The van der Waals surface area contributed by atoms with Crippen molar-refractivity contribution in [1.82, 2.24) is 19.1 Å². The van der Waals surface area contributed by atoms with E-state index >= 15 is 0 Å². The Balaban J connectivity index is 0.00000420. The number of guanidine groups is 1. The predicted molar refractivity (Wildman–Crippen MR) is 129 cm³/mol. The van der Waals surface area contributed by atoms with E-state index in [1.165, 1.54) is 18.4 Å². The van der Waals surface area contributed by atoms with Gasteiger partial charge < -0.3 is 14.8 Å². The van der Waals surface area contributed by atoms with Crippen LogP contribution in [-0.2, 0) is 30.2 Å². The zero-order valence-electron chi connectivity index (χ0n) is 17.4. The summed E-state index contributed by atoms with van der Waals surface area (Å²) in [4.78, 5) is 6.97. The van der Waals surface area contributed by atoms with Gasteiger partial charge in [0.25, 0.3) is 0 Å². The van der Waals surface area contributed by atoms with Gasteiger partial charge in [0, 0.05) is 46.6 Å². The molecule has 0 aliphatic carbocycles. The molecule has 7 nitrogen and oxygen atoms in total. The van der Waals surface area contributed by atoms with Gasteiger partial charge in [0.2, 0.25) is 10.0 Å². The van der Waals surface area contributed by atoms with Crippen LogP contribution in [0, 0.1) is 0 Å². The highest BCUT2D eigenvalue weighted by Gasteiger charge is 2.16. The van der Waals surface area contributed by atoms with Crippen molar-refractivity contribution in [2.75, 3.05) is 27.7 Å². The molecule has 0 saturated heterocycles. The lowest BCUT2D eigenvalue weighted by Gasteiger charge is -2.22. The van der Waals surface area contributed by atoms with E-state index in [2.05, 4.69) is 10.3 Å². The number of halogens is 2. The number of aromatic nitrogens is 1. The second kappa shape index (κ2) is 11.2. The highest BCUT2D eigenvalue weighted by molar-refractivity contribution is 14.0. The highest BCUT2D eigenvalue weighted by Crippen LogP contribution is 2.16. The summed E-state index contributed by atoms with van der Waals surface area (Å²) in [6.45, 7) is 3.87. The fraction of sp³-hybridized carbons (Fsp3) is 0.421. The molecule has 0 bridgehead atoms. The van der Waals surface area contributed by atoms with Crippen LogP contribution >= 0.6 is 35.6 Å². The molecule has 0 fully saturated rings. The third-order valence-electron chi connectivity index (χ3n) is 4.28. The van der Waals surface area contributed by atoms with Gasteiger partial charge in [-0.05, 0) is 30.7 Å². The molecule has 1 heterocycles. The molecule has 0 atom stereocenters. The minimum Gasteiger partial charge on any atom is -0.357 e. The molecule has 0 radical (unpaired) electrons. The molecule has 0 unspecified atom stereocenters. The molecule has 2 aromatic rings. The summed E-state index contributed by atoms with van der Waals surface area (Å²) in [5, 5.41) is 3.99. The van der Waals surface area contributed by atoms with Gasteiger partial charge in [-0.1, -0.05) is 23.7 Å². The van der Waals surface area contributed by atoms with Crippen molar-refractivity contribution in [3.63, 3.8) is 0 Å². The number of aliphatic imine (C=N–C) groups is 1. The maximum atomic E-state index is 12.2. The summed E-state index contributed by atoms with van der Waals surface area (Å²) in [6.07, 6.45) is 1.87. The van der Waals surface area contributed by atoms with Crippen LogP contribution in [0.2, 0.25) is 5.02 Å². The SMILES string of the molecule is CCNC(=NCc1ccc(S(=O)(=O)N(C)C)cc1)N(C)Cc1cc(Cl)cn1C.I. The van der Waals surface area contributed by atoms with Crippen LogP contribution in [0.25, 0.3) is 0 Å². The predicted octanol–water partition coefficient (Wildman–Crippen LogP) is 3.14.